The number of hydrogen-bond donors (Lipinski definition) is 1. The maximum atomic E-state index is 13.2. The number of nitrogens with zero attached hydrogens (tertiary/aromatic N) is 3. The zero-order chi connectivity index (χ0) is 22.5. The predicted molar refractivity (Wildman–Crippen MR) is 118 cm³/mol. The number of rotatable bonds is 6. The smallest absolute Gasteiger partial charge is 0.254 e. The van der Waals surface area contributed by atoms with Crippen molar-refractivity contribution in [3.05, 3.63) is 94.6 Å². The molecule has 4 rings (SSSR count). The lowest BCUT2D eigenvalue weighted by Gasteiger charge is -2.34. The van der Waals surface area contributed by atoms with Crippen molar-refractivity contribution in [3.63, 3.8) is 0 Å². The molecule has 5 nitrogen and oxygen atoms in total. The van der Waals surface area contributed by atoms with Gasteiger partial charge in [-0.3, -0.25) is 9.69 Å². The van der Waals surface area contributed by atoms with E-state index in [1.807, 2.05) is 19.1 Å². The van der Waals surface area contributed by atoms with Gasteiger partial charge in [0.15, 0.2) is 0 Å². The van der Waals surface area contributed by atoms with Crippen LogP contribution < -0.4 is 5.32 Å². The summed E-state index contributed by atoms with van der Waals surface area (Å²) in [6.07, 6.45) is 4.71. The van der Waals surface area contributed by atoms with Gasteiger partial charge in [0.05, 0.1) is 17.3 Å². The van der Waals surface area contributed by atoms with Gasteiger partial charge < -0.3 is 5.32 Å². The summed E-state index contributed by atoms with van der Waals surface area (Å²) in [4.78, 5) is 24.1. The number of halogens is 2. The van der Waals surface area contributed by atoms with Crippen LogP contribution in [0.1, 0.15) is 58.3 Å². The Morgan fingerprint density at radius 3 is 2.34 bits per heavy atom. The molecule has 32 heavy (non-hydrogen) atoms. The molecule has 1 fully saturated rings. The fraction of sp³-hybridized carbons (Fsp3) is 0.320. The van der Waals surface area contributed by atoms with Crippen LogP contribution in [0.4, 0.5) is 8.78 Å². The van der Waals surface area contributed by atoms with E-state index in [-0.39, 0.29) is 23.6 Å². The number of carbonyl (C=O) groups is 1. The summed E-state index contributed by atoms with van der Waals surface area (Å²) in [7, 11) is 0. The highest BCUT2D eigenvalue weighted by Gasteiger charge is 2.27. The standard InChI is InChI=1S/C25H26F2N4O/c1-17-22(25(32)29-14-18-5-9-20(26)10-6-18)15-28-24(30-17)23-4-2-3-13-31(23)16-19-7-11-21(27)12-8-19/h5-12,15,23H,2-4,13-14,16H2,1H3,(H,29,32). The van der Waals surface area contributed by atoms with Crippen molar-refractivity contribution in [2.75, 3.05) is 6.54 Å². The van der Waals surface area contributed by atoms with Crippen molar-refractivity contribution in [2.24, 2.45) is 0 Å². The first-order chi connectivity index (χ1) is 15.5. The molecule has 1 saturated heterocycles. The lowest BCUT2D eigenvalue weighted by Crippen LogP contribution is -2.34. The van der Waals surface area contributed by atoms with Gasteiger partial charge in [-0.1, -0.05) is 30.7 Å². The summed E-state index contributed by atoms with van der Waals surface area (Å²) in [5, 5.41) is 2.84. The third kappa shape index (κ3) is 5.34. The summed E-state index contributed by atoms with van der Waals surface area (Å²) >= 11 is 0. The molecule has 2 aromatic carbocycles. The number of hydrogen-bond acceptors (Lipinski definition) is 4. The number of aromatic nitrogens is 2. The Morgan fingerprint density at radius 2 is 1.69 bits per heavy atom. The number of aryl methyl sites for hydroxylation is 1. The van der Waals surface area contributed by atoms with Gasteiger partial charge in [0, 0.05) is 19.3 Å². The molecule has 1 aromatic heterocycles. The molecular formula is C25H26F2N4O. The van der Waals surface area contributed by atoms with Crippen molar-refractivity contribution in [3.8, 4) is 0 Å². The zero-order valence-corrected chi connectivity index (χ0v) is 18.0. The Bertz CT molecular complexity index is 1070. The van der Waals surface area contributed by atoms with Crippen molar-refractivity contribution in [1.82, 2.24) is 20.2 Å². The quantitative estimate of drug-likeness (QED) is 0.608. The van der Waals surface area contributed by atoms with Gasteiger partial charge >= 0.3 is 0 Å². The molecule has 0 spiro atoms. The summed E-state index contributed by atoms with van der Waals surface area (Å²) < 4.78 is 26.3. The minimum atomic E-state index is -0.309. The maximum Gasteiger partial charge on any atom is 0.254 e. The monoisotopic (exact) mass is 436 g/mol. The topological polar surface area (TPSA) is 58.1 Å². The molecule has 0 radical (unpaired) electrons. The Labute approximate surface area is 186 Å². The molecule has 0 saturated carbocycles. The van der Waals surface area contributed by atoms with Gasteiger partial charge in [-0.05, 0) is 61.7 Å². The van der Waals surface area contributed by atoms with Gasteiger partial charge in [-0.2, -0.15) is 0 Å². The molecule has 0 aliphatic carbocycles. The van der Waals surface area contributed by atoms with E-state index >= 15 is 0 Å². The molecule has 166 valence electrons. The van der Waals surface area contributed by atoms with Crippen LogP contribution in [0.3, 0.4) is 0 Å². The first-order valence-electron chi connectivity index (χ1n) is 10.8. The molecule has 2 heterocycles. The number of amides is 1. The van der Waals surface area contributed by atoms with Crippen molar-refractivity contribution in [2.45, 2.75) is 45.3 Å². The highest BCUT2D eigenvalue weighted by Crippen LogP contribution is 2.30. The number of likely N-dealkylation sites (tertiary alicyclic amines) is 1. The second kappa shape index (κ2) is 9.96. The van der Waals surface area contributed by atoms with E-state index in [0.717, 1.165) is 36.9 Å². The Kier molecular flexibility index (Phi) is 6.85. The number of nitrogens with one attached hydrogen (secondary N) is 1. The number of benzene rings is 2. The van der Waals surface area contributed by atoms with Crippen molar-refractivity contribution < 1.29 is 13.6 Å². The van der Waals surface area contributed by atoms with E-state index in [2.05, 4.69) is 20.2 Å². The summed E-state index contributed by atoms with van der Waals surface area (Å²) in [6.45, 7) is 3.73. The molecule has 3 aromatic rings. The van der Waals surface area contributed by atoms with Crippen LogP contribution in [-0.2, 0) is 13.1 Å². The lowest BCUT2D eigenvalue weighted by atomic mass is 10.00. The Balaban J connectivity index is 1.45. The Morgan fingerprint density at radius 1 is 1.03 bits per heavy atom. The second-order valence-corrected chi connectivity index (χ2v) is 8.14. The van der Waals surface area contributed by atoms with Gasteiger partial charge in [-0.25, -0.2) is 18.7 Å². The Hall–Kier alpha value is -3.19. The second-order valence-electron chi connectivity index (χ2n) is 8.14. The van der Waals surface area contributed by atoms with Crippen molar-refractivity contribution in [1.29, 1.82) is 0 Å². The molecule has 7 heteroatoms. The third-order valence-electron chi connectivity index (χ3n) is 5.82. The average Bonchev–Trinajstić information content (AvgIpc) is 2.80. The van der Waals surface area contributed by atoms with Gasteiger partial charge in [0.1, 0.15) is 17.5 Å². The highest BCUT2D eigenvalue weighted by molar-refractivity contribution is 5.94. The molecule has 1 unspecified atom stereocenters. The minimum Gasteiger partial charge on any atom is -0.348 e. The van der Waals surface area contributed by atoms with Crippen LogP contribution in [0.25, 0.3) is 0 Å². The van der Waals surface area contributed by atoms with Crippen LogP contribution in [0, 0.1) is 18.6 Å². The van der Waals surface area contributed by atoms with Crippen LogP contribution in [0.15, 0.2) is 54.7 Å². The van der Waals surface area contributed by atoms with E-state index < -0.39 is 0 Å². The first-order valence-corrected chi connectivity index (χ1v) is 10.8. The van der Waals surface area contributed by atoms with E-state index in [4.69, 9.17) is 0 Å². The van der Waals surface area contributed by atoms with Gasteiger partial charge in [0.25, 0.3) is 5.91 Å². The summed E-state index contributed by atoms with van der Waals surface area (Å²) in [5.41, 5.74) is 2.91. The van der Waals surface area contributed by atoms with Gasteiger partial charge in [-0.15, -0.1) is 0 Å². The minimum absolute atomic E-state index is 0.0591. The molecule has 1 aliphatic heterocycles. The van der Waals surface area contributed by atoms with Gasteiger partial charge in [0.2, 0.25) is 0 Å². The molecular weight excluding hydrogens is 410 g/mol. The SMILES string of the molecule is Cc1nc(C2CCCCN2Cc2ccc(F)cc2)ncc1C(=O)NCc1ccc(F)cc1. The molecule has 0 bridgehead atoms. The number of carbonyl (C=O) groups excluding carboxylic acids is 1. The predicted octanol–water partition coefficient (Wildman–Crippen LogP) is 4.72. The lowest BCUT2D eigenvalue weighted by molar-refractivity contribution is 0.0948. The van der Waals surface area contributed by atoms with E-state index in [1.165, 1.54) is 24.3 Å². The van der Waals surface area contributed by atoms with Crippen LogP contribution in [0.5, 0.6) is 0 Å². The van der Waals surface area contributed by atoms with Crippen LogP contribution >= 0.6 is 0 Å². The highest BCUT2D eigenvalue weighted by atomic mass is 19.1. The molecule has 1 aliphatic rings. The van der Waals surface area contributed by atoms with E-state index in [1.54, 1.807) is 18.3 Å². The molecule has 1 amide bonds. The first kappa shape index (κ1) is 22.0. The fourth-order valence-corrected chi connectivity index (χ4v) is 4.05. The van der Waals surface area contributed by atoms with Crippen LogP contribution in [-0.4, -0.2) is 27.3 Å². The van der Waals surface area contributed by atoms with Crippen molar-refractivity contribution >= 4 is 5.91 Å². The normalized spacial score (nSPS) is 16.7. The molecule has 1 atom stereocenters. The fourth-order valence-electron chi connectivity index (χ4n) is 4.05. The average molecular weight is 437 g/mol. The third-order valence-corrected chi connectivity index (χ3v) is 5.82. The van der Waals surface area contributed by atoms with E-state index in [9.17, 15) is 13.6 Å². The van der Waals surface area contributed by atoms with E-state index in [0.29, 0.717) is 30.2 Å². The summed E-state index contributed by atoms with van der Waals surface area (Å²) in [6, 6.07) is 12.6. The summed E-state index contributed by atoms with van der Waals surface area (Å²) in [5.74, 6) is -0.100. The maximum absolute atomic E-state index is 13.2. The zero-order valence-electron chi connectivity index (χ0n) is 18.0. The largest absolute Gasteiger partial charge is 0.348 e. The number of piperidine rings is 1. The van der Waals surface area contributed by atoms with Crippen LogP contribution in [0.2, 0.25) is 0 Å². The molecule has 1 N–H and O–H groups in total.